The van der Waals surface area contributed by atoms with Gasteiger partial charge in [0.05, 0.1) is 5.69 Å². The molecule has 1 atom stereocenters. The first-order valence-electron chi connectivity index (χ1n) is 5.07. The van der Waals surface area contributed by atoms with E-state index in [1.165, 1.54) is 29.7 Å². The lowest BCUT2D eigenvalue weighted by molar-refractivity contribution is -0.118. The van der Waals surface area contributed by atoms with Crippen LogP contribution in [-0.2, 0) is 11.8 Å². The van der Waals surface area contributed by atoms with Crippen molar-refractivity contribution in [3.63, 3.8) is 0 Å². The van der Waals surface area contributed by atoms with Gasteiger partial charge in [-0.25, -0.2) is 8.78 Å². The van der Waals surface area contributed by atoms with Crippen LogP contribution in [-0.4, -0.2) is 27.7 Å². The molecule has 0 aromatic carbocycles. The van der Waals surface area contributed by atoms with Crippen LogP contribution >= 0.6 is 11.8 Å². The van der Waals surface area contributed by atoms with Gasteiger partial charge in [0.2, 0.25) is 5.91 Å². The van der Waals surface area contributed by atoms with Crippen LogP contribution in [0, 0.1) is 5.92 Å². The van der Waals surface area contributed by atoms with Crippen LogP contribution in [0.15, 0.2) is 6.20 Å². The van der Waals surface area contributed by atoms with E-state index >= 15 is 0 Å². The highest BCUT2D eigenvalue weighted by molar-refractivity contribution is 7.98. The van der Waals surface area contributed by atoms with E-state index < -0.39 is 12.1 Å². The molecule has 0 fully saturated rings. The number of amides is 1. The minimum Gasteiger partial charge on any atom is -0.323 e. The lowest BCUT2D eigenvalue weighted by atomic mass is 10.2. The Morgan fingerprint density at radius 1 is 1.65 bits per heavy atom. The van der Waals surface area contributed by atoms with Crippen molar-refractivity contribution in [1.29, 1.82) is 0 Å². The van der Waals surface area contributed by atoms with Crippen LogP contribution in [0.5, 0.6) is 0 Å². The first-order valence-corrected chi connectivity index (χ1v) is 6.46. The Morgan fingerprint density at radius 3 is 2.82 bits per heavy atom. The largest absolute Gasteiger partial charge is 0.323 e. The summed E-state index contributed by atoms with van der Waals surface area (Å²) in [5, 5.41) is 6.10. The molecular formula is C10H15F2N3OS. The molecule has 1 aromatic rings. The fraction of sp³-hybridized carbons (Fsp3) is 0.600. The summed E-state index contributed by atoms with van der Waals surface area (Å²) in [6, 6.07) is 0. The summed E-state index contributed by atoms with van der Waals surface area (Å²) >= 11 is 1.53. The molecule has 0 spiro atoms. The molecule has 0 aliphatic carbocycles. The Labute approximate surface area is 103 Å². The van der Waals surface area contributed by atoms with Crippen molar-refractivity contribution in [2.45, 2.75) is 13.3 Å². The second kappa shape index (κ2) is 6.00. The maximum absolute atomic E-state index is 12.6. The average molecular weight is 263 g/mol. The van der Waals surface area contributed by atoms with Crippen LogP contribution in [0.4, 0.5) is 14.5 Å². The first kappa shape index (κ1) is 14.0. The van der Waals surface area contributed by atoms with Crippen molar-refractivity contribution < 1.29 is 13.6 Å². The molecule has 1 unspecified atom stereocenters. The summed E-state index contributed by atoms with van der Waals surface area (Å²) in [6.45, 7) is 1.75. The highest BCUT2D eigenvalue weighted by Gasteiger charge is 2.21. The normalized spacial score (nSPS) is 12.8. The number of aromatic nitrogens is 2. The van der Waals surface area contributed by atoms with Gasteiger partial charge in [0.1, 0.15) is 0 Å². The standard InChI is InChI=1S/C10H15F2N3OS/c1-6(5-17-3)10(16)13-7-4-15(2)14-8(7)9(11)12/h4,6,9H,5H2,1-3H3,(H,13,16). The predicted molar refractivity (Wildman–Crippen MR) is 64.3 cm³/mol. The highest BCUT2D eigenvalue weighted by atomic mass is 32.2. The summed E-state index contributed by atoms with van der Waals surface area (Å²) in [7, 11) is 1.53. The third kappa shape index (κ3) is 3.69. The minimum absolute atomic E-state index is 0.0838. The van der Waals surface area contributed by atoms with Gasteiger partial charge < -0.3 is 5.32 Å². The van der Waals surface area contributed by atoms with Crippen LogP contribution in [0.1, 0.15) is 19.0 Å². The van der Waals surface area contributed by atoms with E-state index in [9.17, 15) is 13.6 Å². The molecule has 1 aromatic heterocycles. The number of nitrogens with one attached hydrogen (secondary N) is 1. The molecule has 1 heterocycles. The predicted octanol–water partition coefficient (Wildman–Crippen LogP) is 2.30. The maximum atomic E-state index is 12.6. The molecule has 0 saturated heterocycles. The summed E-state index contributed by atoms with van der Waals surface area (Å²) in [5.41, 5.74) is -0.308. The summed E-state index contributed by atoms with van der Waals surface area (Å²) in [5.74, 6) is 0.154. The Morgan fingerprint density at radius 2 is 2.29 bits per heavy atom. The van der Waals surface area contributed by atoms with Gasteiger partial charge in [-0.05, 0) is 6.26 Å². The molecular weight excluding hydrogens is 248 g/mol. The molecule has 0 aliphatic rings. The molecule has 1 N–H and O–H groups in total. The molecule has 17 heavy (non-hydrogen) atoms. The molecule has 4 nitrogen and oxygen atoms in total. The topological polar surface area (TPSA) is 46.9 Å². The highest BCUT2D eigenvalue weighted by Crippen LogP contribution is 2.25. The van der Waals surface area contributed by atoms with Crippen LogP contribution < -0.4 is 5.32 Å². The van der Waals surface area contributed by atoms with Gasteiger partial charge in [-0.1, -0.05) is 6.92 Å². The Bertz CT molecular complexity index is 395. The van der Waals surface area contributed by atoms with Crippen molar-refractivity contribution >= 4 is 23.4 Å². The Hall–Kier alpha value is -1.11. The summed E-state index contributed by atoms with van der Waals surface area (Å²) in [4.78, 5) is 11.7. The van der Waals surface area contributed by atoms with E-state index in [4.69, 9.17) is 0 Å². The zero-order valence-corrected chi connectivity index (χ0v) is 10.7. The van der Waals surface area contributed by atoms with Crippen molar-refractivity contribution in [1.82, 2.24) is 9.78 Å². The fourth-order valence-electron chi connectivity index (χ4n) is 1.34. The van der Waals surface area contributed by atoms with E-state index in [2.05, 4.69) is 10.4 Å². The zero-order valence-electron chi connectivity index (χ0n) is 9.91. The van der Waals surface area contributed by atoms with Crippen molar-refractivity contribution in [3.05, 3.63) is 11.9 Å². The third-order valence-corrected chi connectivity index (χ3v) is 3.02. The smallest absolute Gasteiger partial charge is 0.284 e. The van der Waals surface area contributed by atoms with Gasteiger partial charge in [0, 0.05) is 24.9 Å². The van der Waals surface area contributed by atoms with Crippen LogP contribution in [0.25, 0.3) is 0 Å². The number of rotatable bonds is 5. The molecule has 7 heteroatoms. The molecule has 0 aliphatic heterocycles. The third-order valence-electron chi connectivity index (χ3n) is 2.19. The van der Waals surface area contributed by atoms with E-state index in [1.807, 2.05) is 6.26 Å². The SMILES string of the molecule is CSCC(C)C(=O)Nc1cn(C)nc1C(F)F. The van der Waals surface area contributed by atoms with Crippen molar-refractivity contribution in [2.24, 2.45) is 13.0 Å². The molecule has 0 saturated carbocycles. The molecule has 1 rings (SSSR count). The lowest BCUT2D eigenvalue weighted by Crippen LogP contribution is -2.22. The fourth-order valence-corrected chi connectivity index (χ4v) is 2.00. The second-order valence-corrected chi connectivity index (χ2v) is 4.66. The molecule has 0 radical (unpaired) electrons. The zero-order chi connectivity index (χ0) is 13.0. The number of carbonyl (C=O) groups excluding carboxylic acids is 1. The summed E-state index contributed by atoms with van der Waals surface area (Å²) in [6.07, 6.45) is 0.575. The quantitative estimate of drug-likeness (QED) is 0.886. The first-order chi connectivity index (χ1) is 7.95. The van der Waals surface area contributed by atoms with Gasteiger partial charge in [-0.15, -0.1) is 0 Å². The van der Waals surface area contributed by atoms with Gasteiger partial charge in [0.15, 0.2) is 5.69 Å². The summed E-state index contributed by atoms with van der Waals surface area (Å²) < 4.78 is 26.5. The molecule has 0 bridgehead atoms. The average Bonchev–Trinajstić information content (AvgIpc) is 2.60. The maximum Gasteiger partial charge on any atom is 0.284 e. The number of aryl methyl sites for hydroxylation is 1. The Balaban J connectivity index is 2.77. The van der Waals surface area contributed by atoms with Gasteiger partial charge in [-0.3, -0.25) is 9.48 Å². The van der Waals surface area contributed by atoms with Crippen LogP contribution in [0.2, 0.25) is 0 Å². The van der Waals surface area contributed by atoms with E-state index in [1.54, 1.807) is 6.92 Å². The second-order valence-electron chi connectivity index (χ2n) is 3.75. The van der Waals surface area contributed by atoms with Gasteiger partial charge >= 0.3 is 0 Å². The number of carbonyl (C=O) groups is 1. The van der Waals surface area contributed by atoms with E-state index in [0.717, 1.165) is 0 Å². The number of nitrogens with zero attached hydrogens (tertiary/aromatic N) is 2. The van der Waals surface area contributed by atoms with E-state index in [-0.39, 0.29) is 17.5 Å². The van der Waals surface area contributed by atoms with Gasteiger partial charge in [0.25, 0.3) is 6.43 Å². The molecule has 96 valence electrons. The monoisotopic (exact) mass is 263 g/mol. The number of thioether (sulfide) groups is 1. The minimum atomic E-state index is -2.69. The van der Waals surface area contributed by atoms with Crippen molar-refractivity contribution in [2.75, 3.05) is 17.3 Å². The van der Waals surface area contributed by atoms with Crippen LogP contribution in [0.3, 0.4) is 0 Å². The van der Waals surface area contributed by atoms with E-state index in [0.29, 0.717) is 5.75 Å². The Kier molecular flexibility index (Phi) is 4.92. The number of halogens is 2. The lowest BCUT2D eigenvalue weighted by Gasteiger charge is -2.10. The number of hydrogen-bond acceptors (Lipinski definition) is 3. The van der Waals surface area contributed by atoms with Gasteiger partial charge in [-0.2, -0.15) is 16.9 Å². The molecule has 1 amide bonds. The van der Waals surface area contributed by atoms with Crippen molar-refractivity contribution in [3.8, 4) is 0 Å². The number of hydrogen-bond donors (Lipinski definition) is 1. The number of anilines is 1. The number of alkyl halides is 2.